The molecule has 0 N–H and O–H groups in total. The Morgan fingerprint density at radius 1 is 1.33 bits per heavy atom. The van der Waals surface area contributed by atoms with Gasteiger partial charge in [-0.1, -0.05) is 23.8 Å². The van der Waals surface area contributed by atoms with Gasteiger partial charge in [0.05, 0.1) is 5.38 Å². The number of hydrogen-bond donors (Lipinski definition) is 0. The van der Waals surface area contributed by atoms with Crippen LogP contribution in [0.3, 0.4) is 0 Å². The number of allylic oxidation sites excluding steroid dienone is 6. The zero-order valence-corrected chi connectivity index (χ0v) is 6.08. The van der Waals surface area contributed by atoms with Crippen molar-refractivity contribution in [3.8, 4) is 0 Å². The Bertz CT molecular complexity index is 246. The van der Waals surface area contributed by atoms with Gasteiger partial charge in [-0.05, 0) is 17.2 Å². The summed E-state index contributed by atoms with van der Waals surface area (Å²) in [7, 11) is 0. The van der Waals surface area contributed by atoms with Crippen molar-refractivity contribution in [1.82, 2.24) is 0 Å². The number of rotatable bonds is 0. The minimum atomic E-state index is 0.0394. The van der Waals surface area contributed by atoms with E-state index in [0.29, 0.717) is 0 Å². The van der Waals surface area contributed by atoms with Crippen molar-refractivity contribution in [2.45, 2.75) is 5.38 Å². The maximum Gasteiger partial charge on any atom is 0.0850 e. The Labute approximate surface area is 63.5 Å². The first-order valence-electron chi connectivity index (χ1n) is 2.72. The Morgan fingerprint density at radius 2 is 2.11 bits per heavy atom. The third-order valence-corrected chi connectivity index (χ3v) is 2.40. The molecule has 9 heavy (non-hydrogen) atoms. The second-order valence-electron chi connectivity index (χ2n) is 2.14. The molecule has 0 heterocycles. The molecule has 0 saturated carbocycles. The maximum atomic E-state index is 5.90. The molecule has 0 aromatic heterocycles. The van der Waals surface area contributed by atoms with Crippen LogP contribution in [0.5, 0.6) is 0 Å². The average Bonchev–Trinajstić information content (AvgIpc) is 2.25. The fourth-order valence-electron chi connectivity index (χ4n) is 1.09. The van der Waals surface area contributed by atoms with Crippen molar-refractivity contribution in [2.24, 2.45) is 0 Å². The van der Waals surface area contributed by atoms with E-state index in [1.54, 1.807) is 0 Å². The Kier molecular flexibility index (Phi) is 1.02. The first-order chi connectivity index (χ1) is 4.29. The van der Waals surface area contributed by atoms with Gasteiger partial charge < -0.3 is 0 Å². The van der Waals surface area contributed by atoms with E-state index in [-0.39, 0.29) is 5.38 Å². The molecule has 1 atom stereocenters. The molecule has 0 fully saturated rings. The van der Waals surface area contributed by atoms with E-state index in [1.807, 2.05) is 18.2 Å². The molecule has 0 radical (unpaired) electrons. The van der Waals surface area contributed by atoms with Gasteiger partial charge in [0, 0.05) is 5.03 Å². The van der Waals surface area contributed by atoms with Gasteiger partial charge >= 0.3 is 0 Å². The number of hydrogen-bond acceptors (Lipinski definition) is 0. The average molecular weight is 159 g/mol. The van der Waals surface area contributed by atoms with E-state index in [9.17, 15) is 0 Å². The molecular weight excluding hydrogens is 155 g/mol. The van der Waals surface area contributed by atoms with Crippen molar-refractivity contribution in [3.05, 3.63) is 34.4 Å². The monoisotopic (exact) mass is 158 g/mol. The quantitative estimate of drug-likeness (QED) is 0.476. The van der Waals surface area contributed by atoms with Crippen molar-refractivity contribution in [2.75, 3.05) is 0 Å². The zero-order valence-electron chi connectivity index (χ0n) is 4.57. The summed E-state index contributed by atoms with van der Waals surface area (Å²) in [6.07, 6.45) is 5.88. The fourth-order valence-corrected chi connectivity index (χ4v) is 1.77. The summed E-state index contributed by atoms with van der Waals surface area (Å²) >= 11 is 11.7. The number of alkyl halides is 1. The summed E-state index contributed by atoms with van der Waals surface area (Å²) in [6.45, 7) is 0. The van der Waals surface area contributed by atoms with Gasteiger partial charge in [0.2, 0.25) is 0 Å². The third-order valence-electron chi connectivity index (χ3n) is 1.59. The molecule has 2 heteroatoms. The highest BCUT2D eigenvalue weighted by Gasteiger charge is 2.26. The van der Waals surface area contributed by atoms with E-state index < -0.39 is 0 Å². The van der Waals surface area contributed by atoms with Gasteiger partial charge in [0.1, 0.15) is 0 Å². The minimum absolute atomic E-state index is 0.0394. The molecule has 46 valence electrons. The Morgan fingerprint density at radius 3 is 2.33 bits per heavy atom. The predicted octanol–water partition coefficient (Wildman–Crippen LogP) is 2.60. The predicted molar refractivity (Wildman–Crippen MR) is 39.7 cm³/mol. The van der Waals surface area contributed by atoms with E-state index in [2.05, 4.69) is 0 Å². The van der Waals surface area contributed by atoms with Gasteiger partial charge in [-0.15, -0.1) is 11.6 Å². The molecule has 2 aliphatic carbocycles. The van der Waals surface area contributed by atoms with Gasteiger partial charge in [0.25, 0.3) is 0 Å². The molecule has 0 spiro atoms. The summed E-state index contributed by atoms with van der Waals surface area (Å²) in [4.78, 5) is 0. The summed E-state index contributed by atoms with van der Waals surface area (Å²) in [5.41, 5.74) is 2.17. The molecule has 0 amide bonds. The molecule has 1 unspecified atom stereocenters. The van der Waals surface area contributed by atoms with Crippen LogP contribution in [0.2, 0.25) is 0 Å². The lowest BCUT2D eigenvalue weighted by Crippen LogP contribution is -1.90. The highest BCUT2D eigenvalue weighted by molar-refractivity contribution is 6.35. The Balaban J connectivity index is 2.60. The van der Waals surface area contributed by atoms with E-state index in [4.69, 9.17) is 23.2 Å². The number of fused-ring (bicyclic) bond motifs is 2. The lowest BCUT2D eigenvalue weighted by atomic mass is 10.3. The number of halogens is 2. The SMILES string of the molecule is ClC1=C2C=CC(=C1)C2Cl. The highest BCUT2D eigenvalue weighted by atomic mass is 35.5. The summed E-state index contributed by atoms with van der Waals surface area (Å²) in [6, 6.07) is 0. The molecule has 0 aliphatic heterocycles. The summed E-state index contributed by atoms with van der Waals surface area (Å²) in [5.74, 6) is 0. The first kappa shape index (κ1) is 5.57. The van der Waals surface area contributed by atoms with Crippen molar-refractivity contribution >= 4 is 23.2 Å². The standard InChI is InChI=1S/C7H4Cl2/c8-6-3-4-1-2-5(6)7(4)9/h1-3,7H. The molecular formula is C7H4Cl2. The van der Waals surface area contributed by atoms with Gasteiger partial charge in [-0.25, -0.2) is 0 Å². The van der Waals surface area contributed by atoms with Crippen LogP contribution in [-0.4, -0.2) is 5.38 Å². The van der Waals surface area contributed by atoms with Crippen LogP contribution < -0.4 is 0 Å². The second-order valence-corrected chi connectivity index (χ2v) is 2.99. The van der Waals surface area contributed by atoms with Crippen LogP contribution in [0.25, 0.3) is 0 Å². The lowest BCUT2D eigenvalue weighted by Gasteiger charge is -1.95. The normalized spacial score (nSPS) is 30.0. The highest BCUT2D eigenvalue weighted by Crippen LogP contribution is 2.38. The molecule has 0 nitrogen and oxygen atoms in total. The topological polar surface area (TPSA) is 0 Å². The van der Waals surface area contributed by atoms with Crippen molar-refractivity contribution in [3.63, 3.8) is 0 Å². The maximum absolute atomic E-state index is 5.90. The smallest absolute Gasteiger partial charge is 0.0850 e. The van der Waals surface area contributed by atoms with Crippen LogP contribution in [0.4, 0.5) is 0 Å². The minimum Gasteiger partial charge on any atom is -0.113 e. The van der Waals surface area contributed by atoms with Crippen molar-refractivity contribution < 1.29 is 0 Å². The van der Waals surface area contributed by atoms with Crippen LogP contribution in [0.15, 0.2) is 34.4 Å². The van der Waals surface area contributed by atoms with Gasteiger partial charge in [0.15, 0.2) is 0 Å². The molecule has 0 aromatic carbocycles. The van der Waals surface area contributed by atoms with Crippen LogP contribution in [0, 0.1) is 0 Å². The van der Waals surface area contributed by atoms with Gasteiger partial charge in [-0.3, -0.25) is 0 Å². The molecule has 2 bridgehead atoms. The third kappa shape index (κ3) is 0.606. The molecule has 0 aromatic rings. The summed E-state index contributed by atoms with van der Waals surface area (Å²) < 4.78 is 0. The summed E-state index contributed by atoms with van der Waals surface area (Å²) in [5, 5.41) is 0.838. The fraction of sp³-hybridized carbons (Fsp3) is 0.143. The van der Waals surface area contributed by atoms with E-state index >= 15 is 0 Å². The Hall–Kier alpha value is -0.200. The van der Waals surface area contributed by atoms with Crippen LogP contribution >= 0.6 is 23.2 Å². The van der Waals surface area contributed by atoms with Crippen LogP contribution in [0.1, 0.15) is 0 Å². The van der Waals surface area contributed by atoms with E-state index in [1.165, 1.54) is 0 Å². The second kappa shape index (κ2) is 1.65. The van der Waals surface area contributed by atoms with Crippen LogP contribution in [-0.2, 0) is 0 Å². The molecule has 0 saturated heterocycles. The van der Waals surface area contributed by atoms with Gasteiger partial charge in [-0.2, -0.15) is 0 Å². The largest absolute Gasteiger partial charge is 0.113 e. The lowest BCUT2D eigenvalue weighted by molar-refractivity contribution is 1.32. The van der Waals surface area contributed by atoms with Crippen molar-refractivity contribution in [1.29, 1.82) is 0 Å². The first-order valence-corrected chi connectivity index (χ1v) is 3.54. The molecule has 2 rings (SSSR count). The van der Waals surface area contributed by atoms with E-state index in [0.717, 1.165) is 16.2 Å². The molecule has 2 aliphatic rings. The zero-order chi connectivity index (χ0) is 6.43.